The van der Waals surface area contributed by atoms with Crippen LogP contribution in [0, 0.1) is 0 Å². The fourth-order valence-electron chi connectivity index (χ4n) is 2.82. The molecule has 0 aromatic heterocycles. The van der Waals surface area contributed by atoms with Crippen molar-refractivity contribution < 1.29 is 9.53 Å². The van der Waals surface area contributed by atoms with E-state index < -0.39 is 0 Å². The lowest BCUT2D eigenvalue weighted by atomic mass is 10.1. The Balaban J connectivity index is 1.58. The molecule has 1 N–H and O–H groups in total. The number of hydrogen-bond donors (Lipinski definition) is 1. The summed E-state index contributed by atoms with van der Waals surface area (Å²) in [5, 5.41) is 2.97. The number of amides is 1. The van der Waals surface area contributed by atoms with Crippen LogP contribution in [0.25, 0.3) is 0 Å². The summed E-state index contributed by atoms with van der Waals surface area (Å²) in [6, 6.07) is 6.56. The number of aryl methyl sites for hydroxylation is 2. The Morgan fingerprint density at radius 3 is 3.00 bits per heavy atom. The van der Waals surface area contributed by atoms with Gasteiger partial charge in [0.25, 0.3) is 0 Å². The molecule has 1 unspecified atom stereocenters. The Bertz CT molecular complexity index is 450. The Hall–Kier alpha value is -1.35. The molecule has 1 aliphatic carbocycles. The molecular weight excluding hydrogens is 226 g/mol. The predicted molar refractivity (Wildman–Crippen MR) is 69.3 cm³/mol. The van der Waals surface area contributed by atoms with Crippen LogP contribution in [0.5, 0.6) is 0 Å². The third-order valence-electron chi connectivity index (χ3n) is 3.85. The van der Waals surface area contributed by atoms with Gasteiger partial charge in [-0.2, -0.15) is 0 Å². The highest BCUT2D eigenvalue weighted by atomic mass is 16.5. The molecule has 0 saturated carbocycles. The van der Waals surface area contributed by atoms with Gasteiger partial charge < -0.3 is 10.1 Å². The highest BCUT2D eigenvalue weighted by Gasteiger charge is 2.23. The molecule has 96 valence electrons. The van der Waals surface area contributed by atoms with E-state index in [1.807, 2.05) is 0 Å². The van der Waals surface area contributed by atoms with Crippen LogP contribution >= 0.6 is 0 Å². The van der Waals surface area contributed by atoms with Crippen LogP contribution in [0.4, 0.5) is 0 Å². The topological polar surface area (TPSA) is 38.3 Å². The third kappa shape index (κ3) is 2.41. The van der Waals surface area contributed by atoms with Crippen molar-refractivity contribution in [1.82, 2.24) is 5.32 Å². The van der Waals surface area contributed by atoms with Crippen LogP contribution < -0.4 is 5.32 Å². The van der Waals surface area contributed by atoms with Crippen LogP contribution in [0.1, 0.15) is 36.0 Å². The Labute approximate surface area is 108 Å². The van der Waals surface area contributed by atoms with E-state index >= 15 is 0 Å². The van der Waals surface area contributed by atoms with Crippen LogP contribution in [0.15, 0.2) is 18.2 Å². The fourth-order valence-corrected chi connectivity index (χ4v) is 2.82. The quantitative estimate of drug-likeness (QED) is 0.884. The van der Waals surface area contributed by atoms with Crippen LogP contribution in [0.2, 0.25) is 0 Å². The largest absolute Gasteiger partial charge is 0.368 e. The van der Waals surface area contributed by atoms with Crippen LogP contribution in [0.3, 0.4) is 0 Å². The molecule has 1 saturated heterocycles. The first-order valence-electron chi connectivity index (χ1n) is 6.83. The van der Waals surface area contributed by atoms with E-state index in [1.165, 1.54) is 36.0 Å². The van der Waals surface area contributed by atoms with Gasteiger partial charge in [-0.1, -0.05) is 18.2 Å². The van der Waals surface area contributed by atoms with E-state index in [1.54, 1.807) is 0 Å². The molecule has 3 heteroatoms. The second-order valence-electron chi connectivity index (χ2n) is 5.18. The number of nitrogens with one attached hydrogen (secondary N) is 1. The number of rotatable bonds is 3. The SMILES string of the molecule is O=C(NCc1ccc2c(c1)CCC2)C1CCCO1. The van der Waals surface area contributed by atoms with Crippen molar-refractivity contribution in [2.75, 3.05) is 6.61 Å². The first kappa shape index (κ1) is 11.7. The van der Waals surface area contributed by atoms with Gasteiger partial charge in [0, 0.05) is 13.2 Å². The standard InChI is InChI=1S/C15H19NO2/c17-15(14-5-2-8-18-14)16-10-11-6-7-12-3-1-4-13(12)9-11/h6-7,9,14H,1-5,8,10H2,(H,16,17). The lowest BCUT2D eigenvalue weighted by Crippen LogP contribution is -2.33. The molecule has 1 aromatic carbocycles. The first-order chi connectivity index (χ1) is 8.83. The highest BCUT2D eigenvalue weighted by molar-refractivity contribution is 5.80. The smallest absolute Gasteiger partial charge is 0.249 e. The molecule has 2 aliphatic rings. The minimum absolute atomic E-state index is 0.0352. The van der Waals surface area contributed by atoms with E-state index in [2.05, 4.69) is 23.5 Å². The molecule has 1 amide bonds. The summed E-state index contributed by atoms with van der Waals surface area (Å²) in [6.45, 7) is 1.34. The van der Waals surface area contributed by atoms with Crippen LogP contribution in [-0.2, 0) is 28.9 Å². The fraction of sp³-hybridized carbons (Fsp3) is 0.533. The van der Waals surface area contributed by atoms with Crippen molar-refractivity contribution in [1.29, 1.82) is 0 Å². The summed E-state index contributed by atoms with van der Waals surface area (Å²) < 4.78 is 5.37. The molecule has 0 bridgehead atoms. The Morgan fingerprint density at radius 2 is 2.17 bits per heavy atom. The normalized spacial score (nSPS) is 21.9. The van der Waals surface area contributed by atoms with Gasteiger partial charge in [0.15, 0.2) is 0 Å². The molecule has 1 aliphatic heterocycles. The molecule has 18 heavy (non-hydrogen) atoms. The summed E-state index contributed by atoms with van der Waals surface area (Å²) in [6.07, 6.45) is 5.29. The zero-order valence-electron chi connectivity index (χ0n) is 10.6. The minimum atomic E-state index is -0.223. The average Bonchev–Trinajstić information content (AvgIpc) is 3.05. The van der Waals surface area contributed by atoms with E-state index in [-0.39, 0.29) is 12.0 Å². The average molecular weight is 245 g/mol. The van der Waals surface area contributed by atoms with Crippen molar-refractivity contribution >= 4 is 5.91 Å². The van der Waals surface area contributed by atoms with Crippen molar-refractivity contribution in [3.05, 3.63) is 34.9 Å². The number of ether oxygens (including phenoxy) is 1. The number of hydrogen-bond acceptors (Lipinski definition) is 2. The van der Waals surface area contributed by atoms with E-state index in [0.717, 1.165) is 19.4 Å². The van der Waals surface area contributed by atoms with Gasteiger partial charge in [-0.15, -0.1) is 0 Å². The summed E-state index contributed by atoms with van der Waals surface area (Å²) >= 11 is 0. The van der Waals surface area contributed by atoms with E-state index in [9.17, 15) is 4.79 Å². The zero-order valence-corrected chi connectivity index (χ0v) is 10.6. The van der Waals surface area contributed by atoms with Gasteiger partial charge >= 0.3 is 0 Å². The Morgan fingerprint density at radius 1 is 1.28 bits per heavy atom. The predicted octanol–water partition coefficient (Wildman–Crippen LogP) is 1.97. The number of benzene rings is 1. The number of fused-ring (bicyclic) bond motifs is 1. The van der Waals surface area contributed by atoms with Gasteiger partial charge in [-0.05, 0) is 48.8 Å². The van der Waals surface area contributed by atoms with Crippen molar-refractivity contribution in [2.45, 2.75) is 44.8 Å². The van der Waals surface area contributed by atoms with Gasteiger partial charge in [0.05, 0.1) is 0 Å². The summed E-state index contributed by atoms with van der Waals surface area (Å²) in [4.78, 5) is 11.8. The molecule has 0 radical (unpaired) electrons. The van der Waals surface area contributed by atoms with E-state index in [0.29, 0.717) is 6.54 Å². The van der Waals surface area contributed by atoms with Crippen molar-refractivity contribution in [3.8, 4) is 0 Å². The maximum absolute atomic E-state index is 11.8. The number of carbonyl (C=O) groups is 1. The van der Waals surface area contributed by atoms with Gasteiger partial charge in [0.1, 0.15) is 6.10 Å². The monoisotopic (exact) mass is 245 g/mol. The second kappa shape index (κ2) is 5.11. The molecule has 1 heterocycles. The Kier molecular flexibility index (Phi) is 3.33. The molecule has 1 atom stereocenters. The summed E-state index contributed by atoms with van der Waals surface area (Å²) in [5.74, 6) is 0.0352. The van der Waals surface area contributed by atoms with Crippen molar-refractivity contribution in [2.24, 2.45) is 0 Å². The molecule has 1 aromatic rings. The summed E-state index contributed by atoms with van der Waals surface area (Å²) in [5.41, 5.74) is 4.13. The van der Waals surface area contributed by atoms with E-state index in [4.69, 9.17) is 4.74 Å². The lowest BCUT2D eigenvalue weighted by Gasteiger charge is -2.11. The molecular formula is C15H19NO2. The highest BCUT2D eigenvalue weighted by Crippen LogP contribution is 2.22. The maximum Gasteiger partial charge on any atom is 0.249 e. The number of carbonyl (C=O) groups excluding carboxylic acids is 1. The summed E-state index contributed by atoms with van der Waals surface area (Å²) in [7, 11) is 0. The van der Waals surface area contributed by atoms with Gasteiger partial charge in [0.2, 0.25) is 5.91 Å². The second-order valence-corrected chi connectivity index (χ2v) is 5.18. The van der Waals surface area contributed by atoms with Gasteiger partial charge in [-0.25, -0.2) is 0 Å². The van der Waals surface area contributed by atoms with Gasteiger partial charge in [-0.3, -0.25) is 4.79 Å². The zero-order chi connectivity index (χ0) is 12.4. The molecule has 0 spiro atoms. The lowest BCUT2D eigenvalue weighted by molar-refractivity contribution is -0.130. The third-order valence-corrected chi connectivity index (χ3v) is 3.85. The molecule has 3 nitrogen and oxygen atoms in total. The minimum Gasteiger partial charge on any atom is -0.368 e. The van der Waals surface area contributed by atoms with Crippen molar-refractivity contribution in [3.63, 3.8) is 0 Å². The molecule has 1 fully saturated rings. The molecule has 3 rings (SSSR count). The maximum atomic E-state index is 11.8. The van der Waals surface area contributed by atoms with Crippen LogP contribution in [-0.4, -0.2) is 18.6 Å². The first-order valence-corrected chi connectivity index (χ1v) is 6.83.